The smallest absolute Gasteiger partial charge is 0.272 e. The zero-order valence-electron chi connectivity index (χ0n) is 24.0. The van der Waals surface area contributed by atoms with E-state index in [1.807, 2.05) is 6.07 Å². The third-order valence-corrected chi connectivity index (χ3v) is 7.80. The summed E-state index contributed by atoms with van der Waals surface area (Å²) in [4.78, 5) is 40.2. The summed E-state index contributed by atoms with van der Waals surface area (Å²) in [6, 6.07) is 23.5. The van der Waals surface area contributed by atoms with Crippen LogP contribution in [-0.2, 0) is 4.79 Å². The van der Waals surface area contributed by atoms with Gasteiger partial charge in [0.05, 0.1) is 32.1 Å². The van der Waals surface area contributed by atoms with Crippen molar-refractivity contribution in [1.82, 2.24) is 5.32 Å². The van der Waals surface area contributed by atoms with Gasteiger partial charge in [0, 0.05) is 38.4 Å². The van der Waals surface area contributed by atoms with E-state index in [1.54, 1.807) is 72.8 Å². The van der Waals surface area contributed by atoms with E-state index in [9.17, 15) is 14.4 Å². The first-order chi connectivity index (χ1) is 21.2. The lowest BCUT2D eigenvalue weighted by atomic mass is 10.1. The van der Waals surface area contributed by atoms with Crippen LogP contribution < -0.4 is 24.8 Å². The number of hydrogen-bond donors (Lipinski definition) is 2. The van der Waals surface area contributed by atoms with E-state index in [0.29, 0.717) is 44.6 Å². The van der Waals surface area contributed by atoms with Gasteiger partial charge in [-0.25, -0.2) is 0 Å². The quantitative estimate of drug-likeness (QED) is 0.0935. The molecule has 2 amide bonds. The Morgan fingerprint density at radius 2 is 1.50 bits per heavy atom. The average Bonchev–Trinajstić information content (AvgIpc) is 3.03. The highest BCUT2D eigenvalue weighted by Crippen LogP contribution is 2.36. The second-order valence-corrected chi connectivity index (χ2v) is 11.0. The van der Waals surface area contributed by atoms with Crippen LogP contribution in [0.4, 0.5) is 5.69 Å². The number of hydrogen-bond acceptors (Lipinski definition) is 7. The molecule has 0 radical (unpaired) electrons. The Morgan fingerprint density at radius 3 is 2.18 bits per heavy atom. The van der Waals surface area contributed by atoms with Crippen molar-refractivity contribution in [2.24, 2.45) is 0 Å². The molecule has 0 saturated carbocycles. The van der Waals surface area contributed by atoms with E-state index < -0.39 is 11.8 Å². The Bertz CT molecular complexity index is 1710. The summed E-state index contributed by atoms with van der Waals surface area (Å²) in [5.74, 6) is 0.137. The number of ether oxygens (including phenoxy) is 3. The topological polar surface area (TPSA) is 103 Å². The normalized spacial score (nSPS) is 11.0. The van der Waals surface area contributed by atoms with E-state index in [1.165, 1.54) is 45.2 Å². The summed E-state index contributed by atoms with van der Waals surface area (Å²) in [5.41, 5.74) is 1.62. The summed E-state index contributed by atoms with van der Waals surface area (Å²) < 4.78 is 16.3. The van der Waals surface area contributed by atoms with Crippen molar-refractivity contribution >= 4 is 64.3 Å². The Balaban J connectivity index is 1.59. The van der Waals surface area contributed by atoms with Gasteiger partial charge in [-0.05, 0) is 60.7 Å². The SMILES string of the molecule is COc1cc(OC)c(OC)cc1/C=C(\NC(=O)c1ccccc1)C(=O)Nc1cccc(SCC(=O)c2ccc(Cl)cc2Cl)c1. The van der Waals surface area contributed by atoms with Crippen LogP contribution in [0.25, 0.3) is 6.08 Å². The van der Waals surface area contributed by atoms with E-state index >= 15 is 0 Å². The zero-order chi connectivity index (χ0) is 31.6. The van der Waals surface area contributed by atoms with Crippen LogP contribution in [0.3, 0.4) is 0 Å². The van der Waals surface area contributed by atoms with Gasteiger partial charge in [-0.3, -0.25) is 14.4 Å². The van der Waals surface area contributed by atoms with Gasteiger partial charge in [0.1, 0.15) is 11.4 Å². The average molecular weight is 652 g/mol. The summed E-state index contributed by atoms with van der Waals surface area (Å²) in [5, 5.41) is 6.27. The van der Waals surface area contributed by atoms with Crippen molar-refractivity contribution in [2.45, 2.75) is 4.90 Å². The molecular formula is C33H28Cl2N2O6S. The molecule has 11 heteroatoms. The number of anilines is 1. The lowest BCUT2D eigenvalue weighted by molar-refractivity contribution is -0.113. The molecule has 0 heterocycles. The highest BCUT2D eigenvalue weighted by atomic mass is 35.5. The minimum absolute atomic E-state index is 0.0463. The van der Waals surface area contributed by atoms with Crippen molar-refractivity contribution in [1.29, 1.82) is 0 Å². The molecule has 0 unspecified atom stereocenters. The van der Waals surface area contributed by atoms with Gasteiger partial charge in [0.25, 0.3) is 11.8 Å². The standard InChI is InChI=1S/C33H28Cl2N2O6S/c1-41-29-18-31(43-3)30(42-2)15-21(29)14-27(37-32(39)20-8-5-4-6-9-20)33(40)36-23-10-7-11-24(17-23)44-19-28(38)25-13-12-22(34)16-26(25)35/h4-18H,19H2,1-3H3,(H,36,40)(H,37,39)/b27-14-. The predicted molar refractivity (Wildman–Crippen MR) is 175 cm³/mol. The van der Waals surface area contributed by atoms with Crippen LogP contribution >= 0.6 is 35.0 Å². The van der Waals surface area contributed by atoms with Crippen molar-refractivity contribution in [3.05, 3.63) is 117 Å². The number of thioether (sulfide) groups is 1. The molecule has 226 valence electrons. The maximum Gasteiger partial charge on any atom is 0.272 e. The van der Waals surface area contributed by atoms with Gasteiger partial charge in [-0.2, -0.15) is 0 Å². The molecule has 4 aromatic carbocycles. The molecular weight excluding hydrogens is 623 g/mol. The van der Waals surface area contributed by atoms with E-state index in [2.05, 4.69) is 10.6 Å². The van der Waals surface area contributed by atoms with Gasteiger partial charge in [-0.1, -0.05) is 47.5 Å². The number of amides is 2. The number of carbonyl (C=O) groups excluding carboxylic acids is 3. The Hall–Kier alpha value is -4.44. The molecule has 0 aliphatic rings. The number of rotatable bonds is 12. The fourth-order valence-corrected chi connectivity index (χ4v) is 5.42. The summed E-state index contributed by atoms with van der Waals surface area (Å²) >= 11 is 13.4. The summed E-state index contributed by atoms with van der Waals surface area (Å²) in [6.45, 7) is 0. The van der Waals surface area contributed by atoms with Crippen molar-refractivity contribution in [2.75, 3.05) is 32.4 Å². The van der Waals surface area contributed by atoms with E-state index in [4.69, 9.17) is 37.4 Å². The maximum atomic E-state index is 13.6. The number of ketones is 1. The molecule has 8 nitrogen and oxygen atoms in total. The van der Waals surface area contributed by atoms with Crippen molar-refractivity contribution < 1.29 is 28.6 Å². The number of Topliss-reactive ketones (excluding diaryl/α,β-unsaturated/α-hetero) is 1. The van der Waals surface area contributed by atoms with Crippen LogP contribution in [-0.4, -0.2) is 44.7 Å². The molecule has 0 fully saturated rings. The number of benzene rings is 4. The third kappa shape index (κ3) is 8.35. The lowest BCUT2D eigenvalue weighted by Gasteiger charge is -2.15. The van der Waals surface area contributed by atoms with E-state index in [-0.39, 0.29) is 22.3 Å². The monoisotopic (exact) mass is 650 g/mol. The van der Waals surface area contributed by atoms with Crippen LogP contribution in [0.1, 0.15) is 26.3 Å². The number of nitrogens with one attached hydrogen (secondary N) is 2. The first-order valence-corrected chi connectivity index (χ1v) is 14.9. The van der Waals surface area contributed by atoms with Crippen LogP contribution in [0.5, 0.6) is 17.2 Å². The lowest BCUT2D eigenvalue weighted by Crippen LogP contribution is -2.30. The van der Waals surface area contributed by atoms with Gasteiger partial charge < -0.3 is 24.8 Å². The fraction of sp³-hybridized carbons (Fsp3) is 0.121. The molecule has 44 heavy (non-hydrogen) atoms. The molecule has 0 aliphatic carbocycles. The largest absolute Gasteiger partial charge is 0.496 e. The molecule has 0 saturated heterocycles. The molecule has 0 spiro atoms. The van der Waals surface area contributed by atoms with Crippen LogP contribution in [0.15, 0.2) is 95.5 Å². The molecule has 0 aromatic heterocycles. The zero-order valence-corrected chi connectivity index (χ0v) is 26.3. The van der Waals surface area contributed by atoms with Gasteiger partial charge >= 0.3 is 0 Å². The molecule has 4 rings (SSSR count). The van der Waals surface area contributed by atoms with Crippen LogP contribution in [0, 0.1) is 0 Å². The summed E-state index contributed by atoms with van der Waals surface area (Å²) in [6.07, 6.45) is 1.49. The maximum absolute atomic E-state index is 13.6. The van der Waals surface area contributed by atoms with Gasteiger partial charge in [0.15, 0.2) is 17.3 Å². The molecule has 0 bridgehead atoms. The molecule has 0 atom stereocenters. The second-order valence-electron chi connectivity index (χ2n) is 9.15. The highest BCUT2D eigenvalue weighted by molar-refractivity contribution is 8.00. The van der Waals surface area contributed by atoms with Gasteiger partial charge in [0.2, 0.25) is 0 Å². The second kappa shape index (κ2) is 15.3. The number of methoxy groups -OCH3 is 3. The van der Waals surface area contributed by atoms with E-state index in [0.717, 1.165) is 4.90 Å². The fourth-order valence-electron chi connectivity index (χ4n) is 4.07. The molecule has 4 aromatic rings. The Labute approximate surface area is 269 Å². The summed E-state index contributed by atoms with van der Waals surface area (Å²) in [7, 11) is 4.47. The first kappa shape index (κ1) is 32.5. The van der Waals surface area contributed by atoms with Crippen molar-refractivity contribution in [3.63, 3.8) is 0 Å². The first-order valence-electron chi connectivity index (χ1n) is 13.1. The number of carbonyl (C=O) groups is 3. The van der Waals surface area contributed by atoms with Crippen LogP contribution in [0.2, 0.25) is 10.0 Å². The van der Waals surface area contributed by atoms with Gasteiger partial charge in [-0.15, -0.1) is 11.8 Å². The third-order valence-electron chi connectivity index (χ3n) is 6.26. The molecule has 2 N–H and O–H groups in total. The number of halogens is 2. The minimum atomic E-state index is -0.586. The highest BCUT2D eigenvalue weighted by Gasteiger charge is 2.18. The minimum Gasteiger partial charge on any atom is -0.496 e. The predicted octanol–water partition coefficient (Wildman–Crippen LogP) is 7.40. The van der Waals surface area contributed by atoms with Crippen molar-refractivity contribution in [3.8, 4) is 17.2 Å². The Kier molecular flexibility index (Phi) is 11.3. The molecule has 0 aliphatic heterocycles. The Morgan fingerprint density at radius 1 is 0.795 bits per heavy atom.